The number of hydrogen-bond donors (Lipinski definition) is 0. The fourth-order valence-corrected chi connectivity index (χ4v) is 3.08. The van der Waals surface area contributed by atoms with Crippen LogP contribution in [0.25, 0.3) is 0 Å². The third kappa shape index (κ3) is 3.06. The van der Waals surface area contributed by atoms with Gasteiger partial charge in [-0.1, -0.05) is 27.5 Å². The molecule has 0 bridgehead atoms. The Hall–Kier alpha value is -1.52. The summed E-state index contributed by atoms with van der Waals surface area (Å²) in [5, 5.41) is 0.510. The molecule has 0 amide bonds. The molecule has 0 atom stereocenters. The van der Waals surface area contributed by atoms with Gasteiger partial charge in [0.25, 0.3) is 0 Å². The van der Waals surface area contributed by atoms with Gasteiger partial charge in [-0.3, -0.25) is 4.79 Å². The van der Waals surface area contributed by atoms with Crippen molar-refractivity contribution in [2.45, 2.75) is 13.0 Å². The van der Waals surface area contributed by atoms with Gasteiger partial charge < -0.3 is 9.47 Å². The maximum absolute atomic E-state index is 11.1. The Bertz CT molecular complexity index is 700. The summed E-state index contributed by atoms with van der Waals surface area (Å²) in [4.78, 5) is 11.1. The lowest BCUT2D eigenvalue weighted by Crippen LogP contribution is -2.00. The fraction of sp³-hybridized carbons (Fsp3) is 0.188. The van der Waals surface area contributed by atoms with E-state index in [0.29, 0.717) is 29.5 Å². The first-order valence-corrected chi connectivity index (χ1v) is 7.66. The molecule has 108 valence electrons. The molecule has 1 aliphatic rings. The molecule has 2 aromatic rings. The van der Waals surface area contributed by atoms with Gasteiger partial charge in [-0.2, -0.15) is 0 Å². The highest BCUT2D eigenvalue weighted by molar-refractivity contribution is 9.10. The molecule has 21 heavy (non-hydrogen) atoms. The van der Waals surface area contributed by atoms with Crippen LogP contribution in [0, 0.1) is 0 Å². The Kier molecular flexibility index (Phi) is 4.17. The lowest BCUT2D eigenvalue weighted by Gasteiger charge is -2.12. The van der Waals surface area contributed by atoms with Crippen LogP contribution in [0.2, 0.25) is 5.02 Å². The molecule has 0 aromatic heterocycles. The van der Waals surface area contributed by atoms with E-state index in [9.17, 15) is 4.79 Å². The fourth-order valence-electron chi connectivity index (χ4n) is 2.35. The summed E-state index contributed by atoms with van der Waals surface area (Å²) in [6.07, 6.45) is 1.64. The summed E-state index contributed by atoms with van der Waals surface area (Å²) in [5.74, 6) is 1.40. The lowest BCUT2D eigenvalue weighted by atomic mass is 10.1. The van der Waals surface area contributed by atoms with Crippen LogP contribution < -0.4 is 9.47 Å². The largest absolute Gasteiger partial charge is 0.493 e. The Morgan fingerprint density at radius 1 is 1.33 bits per heavy atom. The predicted molar refractivity (Wildman–Crippen MR) is 84.5 cm³/mol. The molecular formula is C16H12BrClO3. The van der Waals surface area contributed by atoms with E-state index in [0.717, 1.165) is 28.5 Å². The van der Waals surface area contributed by atoms with Crippen molar-refractivity contribution in [1.82, 2.24) is 0 Å². The number of benzene rings is 2. The maximum Gasteiger partial charge on any atom is 0.153 e. The van der Waals surface area contributed by atoms with Gasteiger partial charge in [0.05, 0.1) is 12.2 Å². The molecule has 0 radical (unpaired) electrons. The van der Waals surface area contributed by atoms with E-state index in [2.05, 4.69) is 22.0 Å². The van der Waals surface area contributed by atoms with Gasteiger partial charge in [-0.05, 0) is 35.9 Å². The first-order valence-electron chi connectivity index (χ1n) is 6.49. The maximum atomic E-state index is 11.1. The van der Waals surface area contributed by atoms with Crippen molar-refractivity contribution in [3.05, 3.63) is 56.5 Å². The van der Waals surface area contributed by atoms with E-state index in [1.807, 2.05) is 6.07 Å². The molecule has 2 aromatic carbocycles. The van der Waals surface area contributed by atoms with Crippen molar-refractivity contribution in [3.8, 4) is 11.5 Å². The quantitative estimate of drug-likeness (QED) is 0.750. The second-order valence-electron chi connectivity index (χ2n) is 4.74. The zero-order valence-electron chi connectivity index (χ0n) is 11.1. The normalized spacial score (nSPS) is 12.7. The van der Waals surface area contributed by atoms with Crippen LogP contribution in [0.1, 0.15) is 21.5 Å². The Morgan fingerprint density at radius 2 is 2.19 bits per heavy atom. The average molecular weight is 368 g/mol. The molecule has 0 unspecified atom stereocenters. The summed E-state index contributed by atoms with van der Waals surface area (Å²) in [7, 11) is 0. The number of carbonyl (C=O) groups excluding carboxylic acids is 1. The van der Waals surface area contributed by atoms with Crippen LogP contribution in [0.15, 0.2) is 34.8 Å². The minimum absolute atomic E-state index is 0.338. The SMILES string of the molecule is O=Cc1cc(Cl)ccc1OCc1cc(Br)cc2c1OCC2. The first-order chi connectivity index (χ1) is 10.2. The third-order valence-corrected chi connectivity index (χ3v) is 4.00. The third-order valence-electron chi connectivity index (χ3n) is 3.31. The average Bonchev–Trinajstić information content (AvgIpc) is 2.93. The van der Waals surface area contributed by atoms with E-state index in [1.165, 1.54) is 5.56 Å². The number of aldehydes is 1. The first kappa shape index (κ1) is 14.4. The summed E-state index contributed by atoms with van der Waals surface area (Å²) in [6, 6.07) is 9.02. The molecule has 5 heteroatoms. The topological polar surface area (TPSA) is 35.5 Å². The monoisotopic (exact) mass is 366 g/mol. The number of hydrogen-bond acceptors (Lipinski definition) is 3. The minimum Gasteiger partial charge on any atom is -0.493 e. The Balaban J connectivity index is 1.84. The molecule has 3 nitrogen and oxygen atoms in total. The van der Waals surface area contributed by atoms with Crippen molar-refractivity contribution >= 4 is 33.8 Å². The number of rotatable bonds is 4. The molecular weight excluding hydrogens is 356 g/mol. The summed E-state index contributed by atoms with van der Waals surface area (Å²) in [5.41, 5.74) is 2.58. The van der Waals surface area contributed by atoms with Crippen LogP contribution in [0.5, 0.6) is 11.5 Å². The number of halogens is 2. The van der Waals surface area contributed by atoms with Crippen molar-refractivity contribution in [2.75, 3.05) is 6.61 Å². The summed E-state index contributed by atoms with van der Waals surface area (Å²) in [6.45, 7) is 1.03. The van der Waals surface area contributed by atoms with Crippen molar-refractivity contribution in [2.24, 2.45) is 0 Å². The van der Waals surface area contributed by atoms with E-state index < -0.39 is 0 Å². The second kappa shape index (κ2) is 6.08. The van der Waals surface area contributed by atoms with Crippen LogP contribution >= 0.6 is 27.5 Å². The molecule has 1 aliphatic heterocycles. The van der Waals surface area contributed by atoms with Crippen LogP contribution in [-0.2, 0) is 13.0 Å². The van der Waals surface area contributed by atoms with Crippen molar-refractivity contribution in [1.29, 1.82) is 0 Å². The number of fused-ring (bicyclic) bond motifs is 1. The lowest BCUT2D eigenvalue weighted by molar-refractivity contribution is 0.111. The van der Waals surface area contributed by atoms with Gasteiger partial charge in [0, 0.05) is 21.5 Å². The molecule has 0 aliphatic carbocycles. The molecule has 0 saturated heterocycles. The zero-order chi connectivity index (χ0) is 14.8. The van der Waals surface area contributed by atoms with E-state index >= 15 is 0 Å². The van der Waals surface area contributed by atoms with Crippen molar-refractivity contribution in [3.63, 3.8) is 0 Å². The van der Waals surface area contributed by atoms with Gasteiger partial charge in [-0.15, -0.1) is 0 Å². The highest BCUT2D eigenvalue weighted by Gasteiger charge is 2.18. The van der Waals surface area contributed by atoms with Crippen molar-refractivity contribution < 1.29 is 14.3 Å². The van der Waals surface area contributed by atoms with Gasteiger partial charge in [0.1, 0.15) is 18.1 Å². The van der Waals surface area contributed by atoms with E-state index in [4.69, 9.17) is 21.1 Å². The molecule has 0 saturated carbocycles. The van der Waals surface area contributed by atoms with Crippen LogP contribution in [0.3, 0.4) is 0 Å². The molecule has 1 heterocycles. The van der Waals surface area contributed by atoms with Crippen LogP contribution in [0.4, 0.5) is 0 Å². The van der Waals surface area contributed by atoms with Gasteiger partial charge in [-0.25, -0.2) is 0 Å². The standard InChI is InChI=1S/C16H12BrClO3/c17-13-5-10-3-4-20-16(10)12(6-13)9-21-15-2-1-14(18)7-11(15)8-19/h1-2,5-8H,3-4,9H2. The van der Waals surface area contributed by atoms with E-state index in [-0.39, 0.29) is 0 Å². The minimum atomic E-state index is 0.338. The Morgan fingerprint density at radius 3 is 3.00 bits per heavy atom. The highest BCUT2D eigenvalue weighted by Crippen LogP contribution is 2.34. The molecule has 0 fully saturated rings. The second-order valence-corrected chi connectivity index (χ2v) is 6.09. The van der Waals surface area contributed by atoms with Gasteiger partial charge >= 0.3 is 0 Å². The molecule has 0 N–H and O–H groups in total. The van der Waals surface area contributed by atoms with E-state index in [1.54, 1.807) is 18.2 Å². The molecule has 3 rings (SSSR count). The number of carbonyl (C=O) groups is 1. The Labute approximate surface area is 136 Å². The summed E-state index contributed by atoms with van der Waals surface area (Å²) < 4.78 is 12.4. The van der Waals surface area contributed by atoms with Crippen LogP contribution in [-0.4, -0.2) is 12.9 Å². The highest BCUT2D eigenvalue weighted by atomic mass is 79.9. The number of ether oxygens (including phenoxy) is 2. The van der Waals surface area contributed by atoms with Gasteiger partial charge in [0.15, 0.2) is 6.29 Å². The van der Waals surface area contributed by atoms with Gasteiger partial charge in [0.2, 0.25) is 0 Å². The summed E-state index contributed by atoms with van der Waals surface area (Å²) >= 11 is 9.36. The zero-order valence-corrected chi connectivity index (χ0v) is 13.4. The molecule has 0 spiro atoms. The smallest absolute Gasteiger partial charge is 0.153 e. The predicted octanol–water partition coefficient (Wildman–Crippen LogP) is 4.43.